The zero-order chi connectivity index (χ0) is 17.8. The molecule has 0 radical (unpaired) electrons. The standard InChI is InChI=1S/C7H5NO3S.C6H12O5/c9-7-5-3-1-2-4-6(5)12(10,11)8-7;1-3(8)5(10)6(11)4(9)2-7/h1-4H,(H,8,9);2-6,8-11H,1H3/t;3-,4-,5-,6-/m.0/s1. The molecule has 0 aromatic heterocycles. The van der Waals surface area contributed by atoms with E-state index in [2.05, 4.69) is 0 Å². The number of aldehydes is 1. The Labute approximate surface area is 132 Å². The maximum atomic E-state index is 11.1. The van der Waals surface area contributed by atoms with Gasteiger partial charge in [-0.05, 0) is 19.1 Å². The fraction of sp³-hybridized carbons (Fsp3) is 0.385. The van der Waals surface area contributed by atoms with Gasteiger partial charge in [0.05, 0.1) is 11.7 Å². The third-order valence-electron chi connectivity index (χ3n) is 2.98. The fourth-order valence-electron chi connectivity index (χ4n) is 1.69. The van der Waals surface area contributed by atoms with E-state index in [4.69, 9.17) is 20.4 Å². The van der Waals surface area contributed by atoms with E-state index in [0.717, 1.165) is 0 Å². The number of benzene rings is 1. The Morgan fingerprint density at radius 1 is 1.09 bits per heavy atom. The summed E-state index contributed by atoms with van der Waals surface area (Å²) >= 11 is 0. The van der Waals surface area contributed by atoms with Crippen molar-refractivity contribution in [2.45, 2.75) is 36.2 Å². The SMILES string of the molecule is C[C@H](O)[C@H](O)[C@@H](O)[C@@H](O)C=O.O=C1NS(=O)(=O)c2ccccc21. The van der Waals surface area contributed by atoms with Crippen molar-refractivity contribution in [3.8, 4) is 0 Å². The van der Waals surface area contributed by atoms with Crippen molar-refractivity contribution in [3.63, 3.8) is 0 Å². The van der Waals surface area contributed by atoms with Crippen molar-refractivity contribution in [1.29, 1.82) is 0 Å². The van der Waals surface area contributed by atoms with Gasteiger partial charge in [-0.3, -0.25) is 4.79 Å². The number of aliphatic hydroxyl groups excluding tert-OH is 4. The highest BCUT2D eigenvalue weighted by Gasteiger charge is 2.31. The molecule has 1 aliphatic heterocycles. The lowest BCUT2D eigenvalue weighted by molar-refractivity contribution is -0.132. The van der Waals surface area contributed by atoms with Crippen molar-refractivity contribution in [1.82, 2.24) is 4.72 Å². The highest BCUT2D eigenvalue weighted by molar-refractivity contribution is 7.90. The molecule has 4 atom stereocenters. The lowest BCUT2D eigenvalue weighted by atomic mass is 10.1. The molecule has 23 heavy (non-hydrogen) atoms. The first-order chi connectivity index (χ1) is 10.6. The second-order valence-electron chi connectivity index (χ2n) is 4.78. The van der Waals surface area contributed by atoms with Crippen LogP contribution >= 0.6 is 0 Å². The van der Waals surface area contributed by atoms with Gasteiger partial charge in [-0.15, -0.1) is 0 Å². The second kappa shape index (κ2) is 7.62. The fourth-order valence-corrected chi connectivity index (χ4v) is 2.86. The molecule has 5 N–H and O–H groups in total. The Bertz CT molecular complexity index is 672. The molecular weight excluding hydrogens is 330 g/mol. The van der Waals surface area contributed by atoms with E-state index in [1.54, 1.807) is 12.1 Å². The third-order valence-corrected chi connectivity index (χ3v) is 4.37. The molecule has 0 aliphatic carbocycles. The summed E-state index contributed by atoms with van der Waals surface area (Å²) in [5, 5.41) is 35.1. The Morgan fingerprint density at radius 2 is 1.65 bits per heavy atom. The van der Waals surface area contributed by atoms with Crippen LogP contribution in [0.3, 0.4) is 0 Å². The summed E-state index contributed by atoms with van der Waals surface area (Å²) < 4.78 is 24.2. The molecular formula is C13H17NO8S. The molecule has 0 saturated heterocycles. The van der Waals surface area contributed by atoms with Crippen molar-refractivity contribution in [2.75, 3.05) is 0 Å². The maximum absolute atomic E-state index is 11.1. The first-order valence-electron chi connectivity index (χ1n) is 6.45. The van der Waals surface area contributed by atoms with Crippen LogP contribution < -0.4 is 4.72 Å². The van der Waals surface area contributed by atoms with Crippen LogP contribution in [0.5, 0.6) is 0 Å². The van der Waals surface area contributed by atoms with E-state index in [1.807, 2.05) is 4.72 Å². The molecule has 0 spiro atoms. The summed E-state index contributed by atoms with van der Waals surface area (Å²) in [7, 11) is -3.55. The first-order valence-corrected chi connectivity index (χ1v) is 7.94. The molecule has 1 aromatic rings. The number of aliphatic hydroxyl groups is 4. The van der Waals surface area contributed by atoms with Crippen LogP contribution in [0.25, 0.3) is 0 Å². The highest BCUT2D eigenvalue weighted by atomic mass is 32.2. The zero-order valence-corrected chi connectivity index (χ0v) is 12.8. The van der Waals surface area contributed by atoms with Crippen LogP contribution in [-0.4, -0.2) is 65.5 Å². The molecule has 2 rings (SSSR count). The van der Waals surface area contributed by atoms with Crippen LogP contribution in [0.2, 0.25) is 0 Å². The largest absolute Gasteiger partial charge is 0.391 e. The molecule has 1 aliphatic rings. The lowest BCUT2D eigenvalue weighted by Crippen LogP contribution is -2.43. The number of hydrogen-bond acceptors (Lipinski definition) is 8. The Kier molecular flexibility index (Phi) is 6.36. The average Bonchev–Trinajstić information content (AvgIpc) is 2.75. The van der Waals surface area contributed by atoms with E-state index < -0.39 is 40.3 Å². The summed E-state index contributed by atoms with van der Waals surface area (Å²) in [4.78, 5) is 20.9. The van der Waals surface area contributed by atoms with Gasteiger partial charge in [0.1, 0.15) is 23.2 Å². The van der Waals surface area contributed by atoms with Gasteiger partial charge in [0.25, 0.3) is 15.9 Å². The molecule has 1 amide bonds. The lowest BCUT2D eigenvalue weighted by Gasteiger charge is -2.21. The number of rotatable bonds is 4. The van der Waals surface area contributed by atoms with Crippen molar-refractivity contribution >= 4 is 22.2 Å². The van der Waals surface area contributed by atoms with E-state index in [-0.39, 0.29) is 16.7 Å². The van der Waals surface area contributed by atoms with Crippen molar-refractivity contribution in [2.24, 2.45) is 0 Å². The number of sulfonamides is 1. The normalized spacial score (nSPS) is 20.1. The summed E-state index contributed by atoms with van der Waals surface area (Å²) in [6.07, 6.45) is -5.88. The predicted octanol–water partition coefficient (Wildman–Crippen LogP) is -2.23. The molecule has 0 fully saturated rings. The summed E-state index contributed by atoms with van der Waals surface area (Å²) in [5.41, 5.74) is 0.220. The number of fused-ring (bicyclic) bond motifs is 1. The molecule has 1 heterocycles. The Balaban J connectivity index is 0.000000232. The van der Waals surface area contributed by atoms with Crippen molar-refractivity contribution in [3.05, 3.63) is 29.8 Å². The monoisotopic (exact) mass is 347 g/mol. The predicted molar refractivity (Wildman–Crippen MR) is 76.9 cm³/mol. The number of carbonyl (C=O) groups is 2. The number of hydrogen-bond donors (Lipinski definition) is 5. The summed E-state index contributed by atoms with van der Waals surface area (Å²) in [6.45, 7) is 1.24. The van der Waals surface area contributed by atoms with Gasteiger partial charge in [0.15, 0.2) is 6.29 Å². The number of carbonyl (C=O) groups excluding carboxylic acids is 2. The number of amides is 1. The molecule has 9 nitrogen and oxygen atoms in total. The van der Waals surface area contributed by atoms with Gasteiger partial charge < -0.3 is 25.2 Å². The third kappa shape index (κ3) is 4.56. The molecule has 0 unspecified atom stereocenters. The Morgan fingerprint density at radius 3 is 2.13 bits per heavy atom. The van der Waals surface area contributed by atoms with Crippen molar-refractivity contribution < 1.29 is 38.4 Å². The number of nitrogens with one attached hydrogen (secondary N) is 1. The van der Waals surface area contributed by atoms with Crippen LogP contribution in [-0.2, 0) is 14.8 Å². The minimum absolute atomic E-state index is 0.0648. The molecule has 0 saturated carbocycles. The summed E-state index contributed by atoms with van der Waals surface area (Å²) in [6, 6.07) is 6.09. The van der Waals surface area contributed by atoms with E-state index in [9.17, 15) is 18.0 Å². The van der Waals surface area contributed by atoms with Crippen LogP contribution in [0.4, 0.5) is 0 Å². The second-order valence-corrected chi connectivity index (χ2v) is 6.43. The topological polar surface area (TPSA) is 161 Å². The van der Waals surface area contributed by atoms with Gasteiger partial charge in [-0.25, -0.2) is 13.1 Å². The highest BCUT2D eigenvalue weighted by Crippen LogP contribution is 2.20. The smallest absolute Gasteiger partial charge is 0.266 e. The van der Waals surface area contributed by atoms with E-state index in [0.29, 0.717) is 0 Å². The Hall–Kier alpha value is -1.85. The first kappa shape index (κ1) is 19.2. The maximum Gasteiger partial charge on any atom is 0.266 e. The van der Waals surface area contributed by atoms with Gasteiger partial charge in [0, 0.05) is 0 Å². The van der Waals surface area contributed by atoms with Gasteiger partial charge in [0.2, 0.25) is 0 Å². The average molecular weight is 347 g/mol. The molecule has 1 aromatic carbocycles. The summed E-state index contributed by atoms with van der Waals surface area (Å²) in [5.74, 6) is -0.550. The van der Waals surface area contributed by atoms with E-state index >= 15 is 0 Å². The zero-order valence-electron chi connectivity index (χ0n) is 12.0. The molecule has 10 heteroatoms. The van der Waals surface area contributed by atoms with E-state index in [1.165, 1.54) is 19.1 Å². The molecule has 128 valence electrons. The van der Waals surface area contributed by atoms with Gasteiger partial charge in [-0.1, -0.05) is 12.1 Å². The van der Waals surface area contributed by atoms with Gasteiger partial charge >= 0.3 is 0 Å². The quantitative estimate of drug-likeness (QED) is 0.382. The van der Waals surface area contributed by atoms with Crippen LogP contribution in [0.15, 0.2) is 29.2 Å². The van der Waals surface area contributed by atoms with Crippen LogP contribution in [0.1, 0.15) is 17.3 Å². The van der Waals surface area contributed by atoms with Gasteiger partial charge in [-0.2, -0.15) is 0 Å². The minimum atomic E-state index is -3.55. The molecule has 0 bridgehead atoms. The van der Waals surface area contributed by atoms with Crippen LogP contribution in [0, 0.1) is 0 Å². The minimum Gasteiger partial charge on any atom is -0.391 e.